The lowest BCUT2D eigenvalue weighted by atomic mass is 10.00. The molecule has 4 aromatic rings. The summed E-state index contributed by atoms with van der Waals surface area (Å²) in [5.74, 6) is -1.06. The van der Waals surface area contributed by atoms with Crippen LogP contribution in [0.15, 0.2) is 57.4 Å². The van der Waals surface area contributed by atoms with E-state index in [0.29, 0.717) is 27.8 Å². The first kappa shape index (κ1) is 30.1. The van der Waals surface area contributed by atoms with Crippen LogP contribution in [0.2, 0.25) is 0 Å². The Morgan fingerprint density at radius 2 is 1.86 bits per heavy atom. The van der Waals surface area contributed by atoms with Gasteiger partial charge in [-0.1, -0.05) is 6.07 Å². The maximum atomic E-state index is 14.9. The van der Waals surface area contributed by atoms with E-state index in [9.17, 15) is 22.0 Å². The molecule has 1 aromatic heterocycles. The summed E-state index contributed by atoms with van der Waals surface area (Å²) in [5.41, 5.74) is 3.09. The SMILES string of the molecule is CNC(=O)c1c(-c2ccc(F)cc2)oc2cc(N(Cc3cc(F)c(Br)c(COCOC)c3)S(C)(=O)=O)c(C3CC3)cc12. The van der Waals surface area contributed by atoms with E-state index in [1.165, 1.54) is 48.8 Å². The Labute approximate surface area is 250 Å². The molecular weight excluding hydrogens is 634 g/mol. The van der Waals surface area contributed by atoms with Crippen molar-refractivity contribution < 1.29 is 35.9 Å². The monoisotopic (exact) mass is 662 g/mol. The molecule has 1 fully saturated rings. The van der Waals surface area contributed by atoms with Crippen molar-refractivity contribution in [3.05, 3.63) is 86.9 Å². The molecule has 1 aliphatic carbocycles. The van der Waals surface area contributed by atoms with E-state index >= 15 is 0 Å². The first-order valence-corrected chi connectivity index (χ1v) is 15.8. The zero-order valence-corrected chi connectivity index (χ0v) is 25.6. The number of carbonyl (C=O) groups excluding carboxylic acids is 1. The van der Waals surface area contributed by atoms with Crippen LogP contribution in [0, 0.1) is 11.6 Å². The van der Waals surface area contributed by atoms with Gasteiger partial charge in [0.2, 0.25) is 10.0 Å². The zero-order valence-electron chi connectivity index (χ0n) is 23.2. The molecule has 1 heterocycles. The summed E-state index contributed by atoms with van der Waals surface area (Å²) >= 11 is 3.24. The molecule has 3 aromatic carbocycles. The molecule has 5 rings (SSSR count). The van der Waals surface area contributed by atoms with Crippen LogP contribution in [0.5, 0.6) is 0 Å². The number of nitrogens with zero attached hydrogens (tertiary/aromatic N) is 1. The zero-order chi connectivity index (χ0) is 30.2. The van der Waals surface area contributed by atoms with Crippen LogP contribution in [0.25, 0.3) is 22.3 Å². The average Bonchev–Trinajstić information content (AvgIpc) is 3.73. The number of amides is 1. The number of sulfonamides is 1. The van der Waals surface area contributed by atoms with Gasteiger partial charge >= 0.3 is 0 Å². The quantitative estimate of drug-likeness (QED) is 0.146. The average molecular weight is 664 g/mol. The van der Waals surface area contributed by atoms with Gasteiger partial charge < -0.3 is 19.2 Å². The molecule has 1 N–H and O–H groups in total. The summed E-state index contributed by atoms with van der Waals surface area (Å²) in [4.78, 5) is 13.0. The highest BCUT2D eigenvalue weighted by Gasteiger charge is 2.33. The second kappa shape index (κ2) is 12.1. The fraction of sp³-hybridized carbons (Fsp3) is 0.300. The number of hydrogen-bond acceptors (Lipinski definition) is 6. The molecule has 0 radical (unpaired) electrons. The Hall–Kier alpha value is -3.32. The fourth-order valence-electron chi connectivity index (χ4n) is 4.93. The van der Waals surface area contributed by atoms with Crippen LogP contribution >= 0.6 is 15.9 Å². The van der Waals surface area contributed by atoms with E-state index in [0.717, 1.165) is 24.7 Å². The van der Waals surface area contributed by atoms with Crippen molar-refractivity contribution in [3.8, 4) is 11.3 Å². The van der Waals surface area contributed by atoms with Crippen molar-refractivity contribution in [2.75, 3.05) is 31.5 Å². The van der Waals surface area contributed by atoms with Gasteiger partial charge in [-0.2, -0.15) is 0 Å². The van der Waals surface area contributed by atoms with Crippen molar-refractivity contribution in [2.45, 2.75) is 31.9 Å². The number of halogens is 3. The number of anilines is 1. The van der Waals surface area contributed by atoms with Gasteiger partial charge in [-0.05, 0) is 87.8 Å². The van der Waals surface area contributed by atoms with E-state index < -0.39 is 27.6 Å². The standard InChI is InChI=1S/C30H29BrF2N2O6S/c1-34-30(36)27-23-12-22(18-4-5-18)25(13-26(23)41-29(27)19-6-8-21(32)9-7-19)35(42(3,37)38)14-17-10-20(15-40-16-39-2)28(31)24(33)11-17/h6-13,18H,4-5,14-16H2,1-3H3,(H,34,36). The Morgan fingerprint density at radius 1 is 1.14 bits per heavy atom. The Balaban J connectivity index is 1.65. The van der Waals surface area contributed by atoms with Crippen LogP contribution in [0.4, 0.5) is 14.5 Å². The smallest absolute Gasteiger partial charge is 0.255 e. The molecule has 0 aliphatic heterocycles. The number of furan rings is 1. The number of fused-ring (bicyclic) bond motifs is 1. The van der Waals surface area contributed by atoms with Crippen molar-refractivity contribution in [1.29, 1.82) is 0 Å². The number of ether oxygens (including phenoxy) is 2. The molecule has 1 aliphatic rings. The maximum Gasteiger partial charge on any atom is 0.255 e. The summed E-state index contributed by atoms with van der Waals surface area (Å²) in [7, 11) is -0.887. The summed E-state index contributed by atoms with van der Waals surface area (Å²) in [5, 5.41) is 3.15. The highest BCUT2D eigenvalue weighted by molar-refractivity contribution is 9.10. The van der Waals surface area contributed by atoms with Gasteiger partial charge in [-0.15, -0.1) is 0 Å². The Bertz CT molecular complexity index is 1750. The van der Waals surface area contributed by atoms with Gasteiger partial charge in [0.05, 0.1) is 35.1 Å². The van der Waals surface area contributed by atoms with Crippen molar-refractivity contribution in [1.82, 2.24) is 5.32 Å². The molecule has 42 heavy (non-hydrogen) atoms. The lowest BCUT2D eigenvalue weighted by Crippen LogP contribution is -2.30. The molecule has 0 unspecified atom stereocenters. The third-order valence-corrected chi connectivity index (χ3v) is 9.05. The lowest BCUT2D eigenvalue weighted by molar-refractivity contribution is -0.0393. The van der Waals surface area contributed by atoms with Crippen LogP contribution < -0.4 is 9.62 Å². The highest BCUT2D eigenvalue weighted by Crippen LogP contribution is 2.48. The van der Waals surface area contributed by atoms with Gasteiger partial charge in [0.25, 0.3) is 5.91 Å². The normalized spacial score (nSPS) is 13.5. The van der Waals surface area contributed by atoms with Gasteiger partial charge in [0.15, 0.2) is 0 Å². The summed E-state index contributed by atoms with van der Waals surface area (Å²) in [6, 6.07) is 11.9. The fourth-order valence-corrected chi connectivity index (χ4v) is 6.17. The lowest BCUT2D eigenvalue weighted by Gasteiger charge is -2.26. The minimum Gasteiger partial charge on any atom is -0.455 e. The van der Waals surface area contributed by atoms with E-state index in [1.54, 1.807) is 18.2 Å². The summed E-state index contributed by atoms with van der Waals surface area (Å²) in [6.45, 7) is -0.0862. The summed E-state index contributed by atoms with van der Waals surface area (Å²) < 4.78 is 72.9. The van der Waals surface area contributed by atoms with Crippen LogP contribution in [-0.4, -0.2) is 41.5 Å². The van der Waals surface area contributed by atoms with Gasteiger partial charge in [0, 0.05) is 31.2 Å². The Morgan fingerprint density at radius 3 is 2.48 bits per heavy atom. The first-order valence-electron chi connectivity index (χ1n) is 13.1. The third-order valence-electron chi connectivity index (χ3n) is 7.03. The molecule has 1 amide bonds. The second-order valence-electron chi connectivity index (χ2n) is 10.1. The second-order valence-corrected chi connectivity index (χ2v) is 12.8. The predicted octanol–water partition coefficient (Wildman–Crippen LogP) is 6.46. The number of nitrogens with one attached hydrogen (secondary N) is 1. The largest absolute Gasteiger partial charge is 0.455 e. The van der Waals surface area contributed by atoms with E-state index in [4.69, 9.17) is 13.9 Å². The molecule has 222 valence electrons. The first-order chi connectivity index (χ1) is 20.0. The molecular formula is C30H29BrF2N2O6S. The van der Waals surface area contributed by atoms with Crippen LogP contribution in [-0.2, 0) is 32.6 Å². The molecule has 0 spiro atoms. The number of benzene rings is 3. The van der Waals surface area contributed by atoms with Gasteiger partial charge in [0.1, 0.15) is 29.8 Å². The van der Waals surface area contributed by atoms with E-state index in [1.807, 2.05) is 0 Å². The maximum absolute atomic E-state index is 14.9. The Kier molecular flexibility index (Phi) is 8.70. The molecule has 12 heteroatoms. The van der Waals surface area contributed by atoms with Gasteiger partial charge in [-0.25, -0.2) is 17.2 Å². The molecule has 8 nitrogen and oxygen atoms in total. The van der Waals surface area contributed by atoms with Crippen molar-refractivity contribution >= 4 is 48.5 Å². The molecule has 1 saturated carbocycles. The number of rotatable bonds is 11. The minimum absolute atomic E-state index is 0.0135. The topological polar surface area (TPSA) is 98.1 Å². The van der Waals surface area contributed by atoms with Crippen molar-refractivity contribution in [3.63, 3.8) is 0 Å². The number of carbonyl (C=O) groups is 1. The molecule has 0 bridgehead atoms. The minimum atomic E-state index is -3.87. The van der Waals surface area contributed by atoms with Crippen LogP contribution in [0.3, 0.4) is 0 Å². The number of hydrogen-bond donors (Lipinski definition) is 1. The van der Waals surface area contributed by atoms with E-state index in [2.05, 4.69) is 21.2 Å². The van der Waals surface area contributed by atoms with E-state index in [-0.39, 0.29) is 47.2 Å². The highest BCUT2D eigenvalue weighted by atomic mass is 79.9. The number of methoxy groups -OCH3 is 1. The third kappa shape index (κ3) is 6.22. The van der Waals surface area contributed by atoms with Gasteiger partial charge in [-0.3, -0.25) is 9.10 Å². The summed E-state index contributed by atoms with van der Waals surface area (Å²) in [6.07, 6.45) is 2.79. The predicted molar refractivity (Wildman–Crippen MR) is 159 cm³/mol. The molecule has 0 atom stereocenters. The molecule has 0 saturated heterocycles. The van der Waals surface area contributed by atoms with Crippen LogP contribution in [0.1, 0.15) is 45.8 Å². The van der Waals surface area contributed by atoms with Crippen molar-refractivity contribution in [2.24, 2.45) is 0 Å².